The van der Waals surface area contributed by atoms with E-state index in [1.165, 1.54) is 0 Å². The van der Waals surface area contributed by atoms with E-state index in [4.69, 9.17) is 5.14 Å². The molecule has 0 spiro atoms. The van der Waals surface area contributed by atoms with Gasteiger partial charge < -0.3 is 10.2 Å². The first kappa shape index (κ1) is 18.2. The van der Waals surface area contributed by atoms with Crippen LogP contribution in [0, 0.1) is 5.82 Å². The number of primary sulfonamides is 1. The monoisotopic (exact) mass is 379 g/mol. The number of hydrogen-bond donors (Lipinski definition) is 2. The summed E-state index contributed by atoms with van der Waals surface area (Å²) < 4.78 is 36.8. The fourth-order valence-electron chi connectivity index (χ4n) is 2.85. The summed E-state index contributed by atoms with van der Waals surface area (Å²) in [6.07, 6.45) is 4.80. The lowest BCUT2D eigenvalue weighted by molar-refractivity contribution is 0.0928. The standard InChI is InChI=1S/C16H18FN5O3S/c17-14-5-4-12(26(18,24)25)9-13(14)15(23)21-11-3-1-8-22(10-11)16-19-6-2-7-20-16/h2,4-7,9,11H,1,3,8,10H2,(H,21,23)(H2,18,24,25). The maximum absolute atomic E-state index is 14.0. The molecule has 2 heterocycles. The third-order valence-corrected chi connectivity index (χ3v) is 5.01. The lowest BCUT2D eigenvalue weighted by Gasteiger charge is -2.33. The van der Waals surface area contributed by atoms with E-state index in [0.29, 0.717) is 18.9 Å². The van der Waals surface area contributed by atoms with Crippen LogP contribution in [0.15, 0.2) is 41.6 Å². The first-order valence-electron chi connectivity index (χ1n) is 8.00. The van der Waals surface area contributed by atoms with Gasteiger partial charge in [-0.2, -0.15) is 0 Å². The van der Waals surface area contributed by atoms with Crippen LogP contribution in [0.4, 0.5) is 10.3 Å². The number of benzene rings is 1. The van der Waals surface area contributed by atoms with Gasteiger partial charge in [0.25, 0.3) is 5.91 Å². The molecule has 2 aromatic rings. The number of rotatable bonds is 4. The Hall–Kier alpha value is -2.59. The third kappa shape index (κ3) is 4.14. The Balaban J connectivity index is 1.74. The SMILES string of the molecule is NS(=O)(=O)c1ccc(F)c(C(=O)NC2CCCN(c3ncccn3)C2)c1. The molecule has 0 bridgehead atoms. The Labute approximate surface area is 150 Å². The van der Waals surface area contributed by atoms with E-state index in [2.05, 4.69) is 15.3 Å². The number of carbonyl (C=O) groups is 1. The Bertz CT molecular complexity index is 907. The van der Waals surface area contributed by atoms with Crippen LogP contribution in [-0.4, -0.2) is 43.4 Å². The second-order valence-electron chi connectivity index (χ2n) is 5.99. The highest BCUT2D eigenvalue weighted by atomic mass is 32.2. The summed E-state index contributed by atoms with van der Waals surface area (Å²) in [5, 5.41) is 7.78. The molecular formula is C16H18FN5O3S. The van der Waals surface area contributed by atoms with Gasteiger partial charge in [-0.15, -0.1) is 0 Å². The van der Waals surface area contributed by atoms with Crippen molar-refractivity contribution < 1.29 is 17.6 Å². The number of nitrogens with two attached hydrogens (primary N) is 1. The van der Waals surface area contributed by atoms with E-state index in [0.717, 1.165) is 31.2 Å². The van der Waals surface area contributed by atoms with Crippen LogP contribution in [0.5, 0.6) is 0 Å². The van der Waals surface area contributed by atoms with Crippen LogP contribution >= 0.6 is 0 Å². The summed E-state index contributed by atoms with van der Waals surface area (Å²) in [5.74, 6) is -0.934. The number of nitrogens with zero attached hydrogens (tertiary/aromatic N) is 3. The molecule has 3 rings (SSSR count). The molecule has 1 saturated heterocycles. The van der Waals surface area contributed by atoms with Crippen molar-refractivity contribution in [1.29, 1.82) is 0 Å². The molecule has 1 unspecified atom stereocenters. The summed E-state index contributed by atoms with van der Waals surface area (Å²) >= 11 is 0. The number of carbonyl (C=O) groups excluding carboxylic acids is 1. The Morgan fingerprint density at radius 1 is 1.31 bits per heavy atom. The molecule has 3 N–H and O–H groups in total. The van der Waals surface area contributed by atoms with Crippen LogP contribution in [0.2, 0.25) is 0 Å². The molecule has 1 aromatic heterocycles. The number of amides is 1. The lowest BCUT2D eigenvalue weighted by atomic mass is 10.1. The van der Waals surface area contributed by atoms with Crippen LogP contribution in [-0.2, 0) is 10.0 Å². The molecule has 10 heteroatoms. The number of hydrogen-bond acceptors (Lipinski definition) is 6. The molecule has 1 aromatic carbocycles. The van der Waals surface area contributed by atoms with Gasteiger partial charge in [-0.25, -0.2) is 27.9 Å². The van der Waals surface area contributed by atoms with E-state index >= 15 is 0 Å². The molecule has 138 valence electrons. The van der Waals surface area contributed by atoms with Gasteiger partial charge in [-0.3, -0.25) is 4.79 Å². The van der Waals surface area contributed by atoms with Gasteiger partial charge in [0.15, 0.2) is 0 Å². The molecule has 1 atom stereocenters. The minimum absolute atomic E-state index is 0.238. The van der Waals surface area contributed by atoms with Crippen molar-refractivity contribution in [3.63, 3.8) is 0 Å². The van der Waals surface area contributed by atoms with Gasteiger partial charge in [0, 0.05) is 31.5 Å². The van der Waals surface area contributed by atoms with Crippen molar-refractivity contribution in [2.45, 2.75) is 23.8 Å². The average Bonchev–Trinajstić information content (AvgIpc) is 2.62. The van der Waals surface area contributed by atoms with Crippen LogP contribution in [0.3, 0.4) is 0 Å². The molecule has 1 aliphatic heterocycles. The number of piperidine rings is 1. The number of sulfonamides is 1. The molecule has 1 amide bonds. The molecule has 26 heavy (non-hydrogen) atoms. The molecule has 0 saturated carbocycles. The maximum Gasteiger partial charge on any atom is 0.254 e. The molecular weight excluding hydrogens is 361 g/mol. The quantitative estimate of drug-likeness (QED) is 0.806. The molecule has 0 radical (unpaired) electrons. The maximum atomic E-state index is 14.0. The van der Waals surface area contributed by atoms with Gasteiger partial charge in [0.1, 0.15) is 5.82 Å². The van der Waals surface area contributed by atoms with Crippen molar-refractivity contribution in [1.82, 2.24) is 15.3 Å². The van der Waals surface area contributed by atoms with E-state index < -0.39 is 21.7 Å². The minimum atomic E-state index is -4.02. The zero-order valence-electron chi connectivity index (χ0n) is 13.8. The number of anilines is 1. The first-order valence-corrected chi connectivity index (χ1v) is 9.54. The Kier molecular flexibility index (Phi) is 5.14. The largest absolute Gasteiger partial charge is 0.347 e. The smallest absolute Gasteiger partial charge is 0.254 e. The average molecular weight is 379 g/mol. The first-order chi connectivity index (χ1) is 12.3. The van der Waals surface area contributed by atoms with Gasteiger partial charge in [0.2, 0.25) is 16.0 Å². The zero-order valence-corrected chi connectivity index (χ0v) is 14.6. The Morgan fingerprint density at radius 3 is 2.73 bits per heavy atom. The van der Waals surface area contributed by atoms with Gasteiger partial charge in [-0.1, -0.05) is 0 Å². The molecule has 1 fully saturated rings. The van der Waals surface area contributed by atoms with Crippen molar-refractivity contribution >= 4 is 21.9 Å². The highest BCUT2D eigenvalue weighted by Gasteiger charge is 2.25. The Morgan fingerprint density at radius 2 is 2.04 bits per heavy atom. The third-order valence-electron chi connectivity index (χ3n) is 4.10. The van der Waals surface area contributed by atoms with E-state index in [9.17, 15) is 17.6 Å². The van der Waals surface area contributed by atoms with Gasteiger partial charge in [0.05, 0.1) is 10.5 Å². The highest BCUT2D eigenvalue weighted by Crippen LogP contribution is 2.18. The molecule has 0 aliphatic carbocycles. The normalized spacial score (nSPS) is 17.8. The molecule has 1 aliphatic rings. The lowest BCUT2D eigenvalue weighted by Crippen LogP contribution is -2.48. The minimum Gasteiger partial charge on any atom is -0.347 e. The van der Waals surface area contributed by atoms with Crippen LogP contribution < -0.4 is 15.4 Å². The fourth-order valence-corrected chi connectivity index (χ4v) is 3.39. The predicted octanol–water partition coefficient (Wildman–Crippen LogP) is 0.662. The van der Waals surface area contributed by atoms with Crippen molar-refractivity contribution in [2.75, 3.05) is 18.0 Å². The second-order valence-corrected chi connectivity index (χ2v) is 7.56. The number of aromatic nitrogens is 2. The van der Waals surface area contributed by atoms with E-state index in [-0.39, 0.29) is 16.5 Å². The van der Waals surface area contributed by atoms with Gasteiger partial charge >= 0.3 is 0 Å². The topological polar surface area (TPSA) is 118 Å². The zero-order chi connectivity index (χ0) is 18.7. The second kappa shape index (κ2) is 7.34. The predicted molar refractivity (Wildman–Crippen MR) is 92.5 cm³/mol. The van der Waals surface area contributed by atoms with E-state index in [1.54, 1.807) is 18.5 Å². The highest BCUT2D eigenvalue weighted by molar-refractivity contribution is 7.89. The molecule has 8 nitrogen and oxygen atoms in total. The van der Waals surface area contributed by atoms with Crippen LogP contribution in [0.1, 0.15) is 23.2 Å². The number of halogens is 1. The fraction of sp³-hybridized carbons (Fsp3) is 0.312. The summed E-state index contributed by atoms with van der Waals surface area (Å²) in [4.78, 5) is 22.4. The van der Waals surface area contributed by atoms with Crippen molar-refractivity contribution in [2.24, 2.45) is 5.14 Å². The van der Waals surface area contributed by atoms with Crippen molar-refractivity contribution in [3.05, 3.63) is 48.0 Å². The van der Waals surface area contributed by atoms with Crippen LogP contribution in [0.25, 0.3) is 0 Å². The number of nitrogens with one attached hydrogen (secondary N) is 1. The summed E-state index contributed by atoms with van der Waals surface area (Å²) in [6, 6.07) is 4.36. The summed E-state index contributed by atoms with van der Waals surface area (Å²) in [6.45, 7) is 1.23. The van der Waals surface area contributed by atoms with Crippen molar-refractivity contribution in [3.8, 4) is 0 Å². The van der Waals surface area contributed by atoms with E-state index in [1.807, 2.05) is 4.90 Å². The van der Waals surface area contributed by atoms with Gasteiger partial charge in [-0.05, 0) is 37.1 Å². The summed E-state index contributed by atoms with van der Waals surface area (Å²) in [7, 11) is -4.02. The summed E-state index contributed by atoms with van der Waals surface area (Å²) in [5.41, 5.74) is -0.357.